The molecule has 1 atom stereocenters. The number of hydrogen-bond donors (Lipinski definition) is 2. The smallest absolute Gasteiger partial charge is 0.264 e. The maximum atomic E-state index is 12.8. The van der Waals surface area contributed by atoms with E-state index in [1.165, 1.54) is 37.4 Å². The predicted octanol–water partition coefficient (Wildman–Crippen LogP) is 2.38. The molecular weight excluding hydrogens is 466 g/mol. The zero-order valence-electron chi connectivity index (χ0n) is 18.1. The summed E-state index contributed by atoms with van der Waals surface area (Å²) in [5.41, 5.74) is 1.26. The van der Waals surface area contributed by atoms with Gasteiger partial charge in [0.05, 0.1) is 16.8 Å². The van der Waals surface area contributed by atoms with Crippen LogP contribution in [0.5, 0.6) is 0 Å². The molecular formula is C21H23N5O5S2. The van der Waals surface area contributed by atoms with E-state index in [-0.39, 0.29) is 10.8 Å². The van der Waals surface area contributed by atoms with Gasteiger partial charge in [-0.05, 0) is 56.3 Å². The van der Waals surface area contributed by atoms with Crippen LogP contribution in [0.3, 0.4) is 0 Å². The van der Waals surface area contributed by atoms with Gasteiger partial charge in [0.1, 0.15) is 6.04 Å². The second kappa shape index (κ2) is 9.55. The van der Waals surface area contributed by atoms with Gasteiger partial charge in [0.15, 0.2) is 0 Å². The number of rotatable bonds is 8. The van der Waals surface area contributed by atoms with E-state index >= 15 is 0 Å². The number of carbonyl (C=O) groups is 1. The molecule has 0 aliphatic carbocycles. The summed E-state index contributed by atoms with van der Waals surface area (Å²) in [4.78, 5) is 20.6. The molecule has 33 heavy (non-hydrogen) atoms. The molecule has 0 spiro atoms. The maximum absolute atomic E-state index is 12.8. The first-order valence-electron chi connectivity index (χ1n) is 9.75. The second-order valence-electron chi connectivity index (χ2n) is 7.21. The Labute approximate surface area is 192 Å². The number of benzene rings is 2. The molecule has 1 amide bonds. The van der Waals surface area contributed by atoms with E-state index in [1.807, 2.05) is 0 Å². The van der Waals surface area contributed by atoms with Crippen LogP contribution in [0.2, 0.25) is 0 Å². The lowest BCUT2D eigenvalue weighted by Crippen LogP contribution is -2.45. The van der Waals surface area contributed by atoms with Gasteiger partial charge >= 0.3 is 0 Å². The minimum absolute atomic E-state index is 0.0528. The summed E-state index contributed by atoms with van der Waals surface area (Å²) in [5, 5.41) is 2.61. The zero-order chi connectivity index (χ0) is 24.2. The fourth-order valence-electron chi connectivity index (χ4n) is 3.03. The fourth-order valence-corrected chi connectivity index (χ4v) is 5.15. The highest BCUT2D eigenvalue weighted by Gasteiger charge is 2.29. The topological polar surface area (TPSA) is 138 Å². The molecule has 10 nitrogen and oxygen atoms in total. The highest BCUT2D eigenvalue weighted by Crippen LogP contribution is 2.22. The number of aryl methyl sites for hydroxylation is 1. The molecule has 0 unspecified atom stereocenters. The highest BCUT2D eigenvalue weighted by atomic mass is 32.2. The van der Waals surface area contributed by atoms with Crippen LogP contribution in [0.4, 0.5) is 17.3 Å². The molecule has 0 radical (unpaired) electrons. The van der Waals surface area contributed by atoms with Crippen molar-refractivity contribution in [2.24, 2.45) is 0 Å². The summed E-state index contributed by atoms with van der Waals surface area (Å²) >= 11 is 0. The number of amides is 1. The molecule has 12 heteroatoms. The Kier molecular flexibility index (Phi) is 6.98. The Bertz CT molecular complexity index is 1350. The van der Waals surface area contributed by atoms with E-state index in [2.05, 4.69) is 20.0 Å². The summed E-state index contributed by atoms with van der Waals surface area (Å²) in [6, 6.07) is 14.3. The van der Waals surface area contributed by atoms with Crippen molar-refractivity contribution in [2.75, 3.05) is 20.6 Å². The van der Waals surface area contributed by atoms with Gasteiger partial charge in [0, 0.05) is 17.6 Å². The van der Waals surface area contributed by atoms with Crippen molar-refractivity contribution in [1.82, 2.24) is 9.97 Å². The van der Waals surface area contributed by atoms with Crippen LogP contribution in [0.15, 0.2) is 71.8 Å². The SMILES string of the molecule is Cc1ccnc(NS(=O)(=O)c2ccc(NC(=O)[C@H](C)N(c3ccccc3)S(C)(=O)=O)cc2)n1. The maximum Gasteiger partial charge on any atom is 0.264 e. The Hall–Kier alpha value is -3.51. The van der Waals surface area contributed by atoms with E-state index in [0.29, 0.717) is 17.1 Å². The minimum Gasteiger partial charge on any atom is -0.324 e. The lowest BCUT2D eigenvalue weighted by molar-refractivity contribution is -0.116. The molecule has 0 aliphatic heterocycles. The van der Waals surface area contributed by atoms with Gasteiger partial charge in [-0.1, -0.05) is 18.2 Å². The first kappa shape index (κ1) is 24.1. The average Bonchev–Trinajstić information content (AvgIpc) is 2.73. The molecule has 2 aromatic carbocycles. The first-order valence-corrected chi connectivity index (χ1v) is 13.1. The largest absolute Gasteiger partial charge is 0.324 e. The number of hydrogen-bond acceptors (Lipinski definition) is 7. The number of nitrogens with one attached hydrogen (secondary N) is 2. The van der Waals surface area contributed by atoms with Gasteiger partial charge in [-0.3, -0.25) is 9.10 Å². The van der Waals surface area contributed by atoms with Crippen molar-refractivity contribution in [3.8, 4) is 0 Å². The predicted molar refractivity (Wildman–Crippen MR) is 126 cm³/mol. The first-order chi connectivity index (χ1) is 15.5. The number of carbonyl (C=O) groups excluding carboxylic acids is 1. The van der Waals surface area contributed by atoms with Crippen molar-refractivity contribution >= 4 is 43.3 Å². The van der Waals surface area contributed by atoms with Crippen molar-refractivity contribution in [3.63, 3.8) is 0 Å². The Morgan fingerprint density at radius 1 is 0.970 bits per heavy atom. The quantitative estimate of drug-likeness (QED) is 0.495. The number of anilines is 3. The van der Waals surface area contributed by atoms with Crippen molar-refractivity contribution in [3.05, 3.63) is 72.6 Å². The molecule has 1 aromatic heterocycles. The molecule has 174 valence electrons. The van der Waals surface area contributed by atoms with Crippen molar-refractivity contribution in [1.29, 1.82) is 0 Å². The van der Waals surface area contributed by atoms with Crippen LogP contribution in [-0.4, -0.2) is 45.0 Å². The van der Waals surface area contributed by atoms with Gasteiger partial charge in [-0.25, -0.2) is 31.5 Å². The van der Waals surface area contributed by atoms with Crippen LogP contribution in [0.25, 0.3) is 0 Å². The molecule has 0 bridgehead atoms. The van der Waals surface area contributed by atoms with Crippen molar-refractivity contribution < 1.29 is 21.6 Å². The fraction of sp³-hybridized carbons (Fsp3) is 0.190. The summed E-state index contributed by atoms with van der Waals surface area (Å²) in [6.07, 6.45) is 2.46. The van der Waals surface area contributed by atoms with Gasteiger partial charge in [0.2, 0.25) is 21.9 Å². The molecule has 3 aromatic rings. The number of sulfonamides is 2. The monoisotopic (exact) mass is 489 g/mol. The van der Waals surface area contributed by atoms with Crippen LogP contribution in [0, 0.1) is 6.92 Å². The Morgan fingerprint density at radius 2 is 1.61 bits per heavy atom. The molecule has 1 heterocycles. The Balaban J connectivity index is 1.75. The van der Waals surface area contributed by atoms with E-state index in [1.54, 1.807) is 43.3 Å². The highest BCUT2D eigenvalue weighted by molar-refractivity contribution is 7.92. The standard InChI is InChI=1S/C21H23N5O5S2/c1-15-13-14-22-21(23-15)25-33(30,31)19-11-9-17(10-12-19)24-20(27)16(2)26(32(3,28)29)18-7-5-4-6-8-18/h4-14,16H,1-3H3,(H,24,27)(H,22,23,25)/t16-/m0/s1. The Morgan fingerprint density at radius 3 is 2.18 bits per heavy atom. The third kappa shape index (κ3) is 6.05. The number of aromatic nitrogens is 2. The summed E-state index contributed by atoms with van der Waals surface area (Å²) in [5.74, 6) is -0.630. The normalized spacial score (nSPS) is 12.6. The number of para-hydroxylation sites is 1. The molecule has 0 fully saturated rings. The van der Waals surface area contributed by atoms with Crippen LogP contribution >= 0.6 is 0 Å². The van der Waals surface area contributed by atoms with Crippen molar-refractivity contribution in [2.45, 2.75) is 24.8 Å². The molecule has 0 aliphatic rings. The zero-order valence-corrected chi connectivity index (χ0v) is 19.8. The molecule has 3 rings (SSSR count). The minimum atomic E-state index is -3.94. The molecule has 2 N–H and O–H groups in total. The molecule has 0 saturated carbocycles. The summed E-state index contributed by atoms with van der Waals surface area (Å²) < 4.78 is 53.1. The average molecular weight is 490 g/mol. The van der Waals surface area contributed by atoms with E-state index < -0.39 is 32.0 Å². The van der Waals surface area contributed by atoms with Gasteiger partial charge in [-0.15, -0.1) is 0 Å². The van der Waals surface area contributed by atoms with Gasteiger partial charge in [0.25, 0.3) is 10.0 Å². The summed E-state index contributed by atoms with van der Waals surface area (Å²) in [6.45, 7) is 3.18. The lowest BCUT2D eigenvalue weighted by atomic mass is 10.2. The van der Waals surface area contributed by atoms with E-state index in [0.717, 1.165) is 10.6 Å². The van der Waals surface area contributed by atoms with Crippen LogP contribution in [-0.2, 0) is 24.8 Å². The molecule has 0 saturated heterocycles. The number of nitrogens with zero attached hydrogens (tertiary/aromatic N) is 3. The summed E-state index contributed by atoms with van der Waals surface area (Å²) in [7, 11) is -7.68. The van der Waals surface area contributed by atoms with Gasteiger partial charge < -0.3 is 5.32 Å². The van der Waals surface area contributed by atoms with Crippen LogP contribution in [0.1, 0.15) is 12.6 Å². The third-order valence-electron chi connectivity index (χ3n) is 4.55. The second-order valence-corrected chi connectivity index (χ2v) is 10.8. The third-order valence-corrected chi connectivity index (χ3v) is 7.14. The van der Waals surface area contributed by atoms with Gasteiger partial charge in [-0.2, -0.15) is 0 Å². The van der Waals surface area contributed by atoms with Crippen LogP contribution < -0.4 is 14.3 Å². The van der Waals surface area contributed by atoms with E-state index in [9.17, 15) is 21.6 Å². The lowest BCUT2D eigenvalue weighted by Gasteiger charge is -2.28. The van der Waals surface area contributed by atoms with E-state index in [4.69, 9.17) is 0 Å².